The predicted octanol–water partition coefficient (Wildman–Crippen LogP) is 4.09. The second kappa shape index (κ2) is 11.5. The minimum Gasteiger partial charge on any atom is -0.465 e. The molecule has 0 saturated heterocycles. The summed E-state index contributed by atoms with van der Waals surface area (Å²) in [5, 5.41) is 12.2. The fourth-order valence-electron chi connectivity index (χ4n) is 3.03. The number of hydrogen-bond donors (Lipinski definition) is 1. The Bertz CT molecular complexity index is 1210. The van der Waals surface area contributed by atoms with Crippen LogP contribution in [0.1, 0.15) is 20.7 Å². The van der Waals surface area contributed by atoms with Gasteiger partial charge in [-0.05, 0) is 30.3 Å². The number of hydrogen-bond acceptors (Lipinski definition) is 8. The topological polar surface area (TPSA) is 112 Å². The van der Waals surface area contributed by atoms with E-state index in [0.717, 1.165) is 5.56 Å². The van der Waals surface area contributed by atoms with E-state index in [9.17, 15) is 14.4 Å². The van der Waals surface area contributed by atoms with E-state index in [2.05, 4.69) is 22.1 Å². The van der Waals surface area contributed by atoms with Crippen LogP contribution in [0.4, 0.5) is 5.69 Å². The molecule has 3 aromatic rings. The summed E-state index contributed by atoms with van der Waals surface area (Å²) < 4.78 is 11.2. The molecular weight excluding hydrogens is 480 g/mol. The molecule has 0 bridgehead atoms. The van der Waals surface area contributed by atoms with Crippen LogP contribution in [0.2, 0.25) is 5.02 Å². The van der Waals surface area contributed by atoms with E-state index in [1.807, 2.05) is 16.7 Å². The number of halogens is 1. The van der Waals surface area contributed by atoms with E-state index >= 15 is 0 Å². The Morgan fingerprint density at radius 3 is 2.35 bits per heavy atom. The molecule has 0 radical (unpaired) electrons. The van der Waals surface area contributed by atoms with Gasteiger partial charge in [-0.15, -0.1) is 16.8 Å². The van der Waals surface area contributed by atoms with Gasteiger partial charge in [0.05, 0.1) is 31.1 Å². The molecule has 0 unspecified atom stereocenters. The number of esters is 2. The first-order valence-electron chi connectivity index (χ1n) is 9.90. The van der Waals surface area contributed by atoms with Crippen molar-refractivity contribution in [3.05, 3.63) is 71.3 Å². The summed E-state index contributed by atoms with van der Waals surface area (Å²) in [4.78, 5) is 36.5. The van der Waals surface area contributed by atoms with Crippen LogP contribution in [0.25, 0.3) is 11.4 Å². The van der Waals surface area contributed by atoms with Gasteiger partial charge in [-0.25, -0.2) is 9.59 Å². The molecule has 0 spiro atoms. The fraction of sp³-hybridized carbons (Fsp3) is 0.174. The van der Waals surface area contributed by atoms with Gasteiger partial charge < -0.3 is 14.8 Å². The monoisotopic (exact) mass is 500 g/mol. The van der Waals surface area contributed by atoms with Crippen LogP contribution < -0.4 is 5.32 Å². The molecule has 2 aromatic carbocycles. The minimum atomic E-state index is -0.651. The zero-order valence-electron chi connectivity index (χ0n) is 18.4. The second-order valence-corrected chi connectivity index (χ2v) is 8.21. The van der Waals surface area contributed by atoms with Gasteiger partial charge in [0, 0.05) is 22.8 Å². The van der Waals surface area contributed by atoms with Crippen molar-refractivity contribution in [1.29, 1.82) is 0 Å². The standard InChI is InChI=1S/C23H21ClN4O5S/c1-4-8-28-20(14-6-5-7-17(24)10-14)26-27-23(28)34-13-19(29)25-18-11-15(21(30)32-2)9-16(12-18)22(31)33-3/h4-7,9-12H,1,8,13H2,2-3H3,(H,25,29). The van der Waals surface area contributed by atoms with Crippen LogP contribution in [-0.2, 0) is 20.8 Å². The molecule has 11 heteroatoms. The number of rotatable bonds is 9. The largest absolute Gasteiger partial charge is 0.465 e. The molecular formula is C23H21ClN4O5S. The molecule has 9 nitrogen and oxygen atoms in total. The number of nitrogens with one attached hydrogen (secondary N) is 1. The number of thioether (sulfide) groups is 1. The van der Waals surface area contributed by atoms with E-state index in [1.54, 1.807) is 18.2 Å². The molecule has 1 N–H and O–H groups in total. The number of anilines is 1. The zero-order valence-corrected chi connectivity index (χ0v) is 20.0. The van der Waals surface area contributed by atoms with Crippen molar-refractivity contribution in [2.45, 2.75) is 11.7 Å². The minimum absolute atomic E-state index is 0.000825. The third-order valence-electron chi connectivity index (χ3n) is 4.50. The zero-order chi connectivity index (χ0) is 24.7. The van der Waals surface area contributed by atoms with Crippen molar-refractivity contribution in [1.82, 2.24) is 14.8 Å². The van der Waals surface area contributed by atoms with E-state index in [4.69, 9.17) is 21.1 Å². The van der Waals surface area contributed by atoms with E-state index < -0.39 is 11.9 Å². The predicted molar refractivity (Wildman–Crippen MR) is 129 cm³/mol. The lowest BCUT2D eigenvalue weighted by atomic mass is 10.1. The van der Waals surface area contributed by atoms with Gasteiger partial charge in [0.1, 0.15) is 0 Å². The molecule has 1 aromatic heterocycles. The quantitative estimate of drug-likeness (QED) is 0.265. The highest BCUT2D eigenvalue weighted by atomic mass is 35.5. The molecule has 176 valence electrons. The Hall–Kier alpha value is -3.63. The van der Waals surface area contributed by atoms with Crippen LogP contribution in [0, 0.1) is 0 Å². The molecule has 0 fully saturated rings. The van der Waals surface area contributed by atoms with Crippen LogP contribution in [-0.4, -0.2) is 52.6 Å². The second-order valence-electron chi connectivity index (χ2n) is 6.83. The summed E-state index contributed by atoms with van der Waals surface area (Å²) in [6, 6.07) is 11.4. The number of benzene rings is 2. The summed E-state index contributed by atoms with van der Waals surface area (Å²) in [5.74, 6) is -1.08. The van der Waals surface area contributed by atoms with Crippen LogP contribution >= 0.6 is 23.4 Å². The summed E-state index contributed by atoms with van der Waals surface area (Å²) >= 11 is 7.27. The number of allylic oxidation sites excluding steroid dienone is 1. The lowest BCUT2D eigenvalue weighted by Gasteiger charge is -2.10. The first-order valence-corrected chi connectivity index (χ1v) is 11.3. The van der Waals surface area contributed by atoms with Gasteiger partial charge in [0.15, 0.2) is 11.0 Å². The van der Waals surface area contributed by atoms with Crippen LogP contribution in [0.15, 0.2) is 60.3 Å². The van der Waals surface area contributed by atoms with Crippen molar-refractivity contribution in [3.63, 3.8) is 0 Å². The van der Waals surface area contributed by atoms with Crippen molar-refractivity contribution < 1.29 is 23.9 Å². The third-order valence-corrected chi connectivity index (χ3v) is 5.70. The van der Waals surface area contributed by atoms with E-state index in [1.165, 1.54) is 44.2 Å². The van der Waals surface area contributed by atoms with Gasteiger partial charge >= 0.3 is 11.9 Å². The first-order chi connectivity index (χ1) is 16.4. The fourth-order valence-corrected chi connectivity index (χ4v) is 3.97. The van der Waals surface area contributed by atoms with Gasteiger partial charge in [-0.3, -0.25) is 9.36 Å². The molecule has 3 rings (SSSR count). The Labute approximate surface area is 205 Å². The van der Waals surface area contributed by atoms with E-state index in [0.29, 0.717) is 22.5 Å². The smallest absolute Gasteiger partial charge is 0.337 e. The lowest BCUT2D eigenvalue weighted by Crippen LogP contribution is -2.16. The SMILES string of the molecule is C=CCn1c(SCC(=O)Nc2cc(C(=O)OC)cc(C(=O)OC)c2)nnc1-c1cccc(Cl)c1. The summed E-state index contributed by atoms with van der Waals surface area (Å²) in [6.07, 6.45) is 1.70. The first kappa shape index (κ1) is 25.0. The van der Waals surface area contributed by atoms with Gasteiger partial charge in [0.25, 0.3) is 0 Å². The maximum Gasteiger partial charge on any atom is 0.337 e. The highest BCUT2D eigenvalue weighted by Crippen LogP contribution is 2.26. The summed E-state index contributed by atoms with van der Waals surface area (Å²) in [7, 11) is 2.44. The number of ether oxygens (including phenoxy) is 2. The lowest BCUT2D eigenvalue weighted by molar-refractivity contribution is -0.113. The average Bonchev–Trinajstić information content (AvgIpc) is 3.24. The van der Waals surface area contributed by atoms with Crippen molar-refractivity contribution in [2.75, 3.05) is 25.3 Å². The Balaban J connectivity index is 1.77. The van der Waals surface area contributed by atoms with E-state index in [-0.39, 0.29) is 28.5 Å². The number of carbonyl (C=O) groups excluding carboxylic acids is 3. The molecule has 0 aliphatic rings. The summed E-state index contributed by atoms with van der Waals surface area (Å²) in [5.41, 5.74) is 1.24. The molecule has 34 heavy (non-hydrogen) atoms. The maximum atomic E-state index is 12.6. The average molecular weight is 501 g/mol. The molecule has 0 atom stereocenters. The van der Waals surface area contributed by atoms with Gasteiger partial charge in [-0.1, -0.05) is 41.6 Å². The Morgan fingerprint density at radius 2 is 1.76 bits per heavy atom. The van der Waals surface area contributed by atoms with Crippen molar-refractivity contribution >= 4 is 46.9 Å². The number of nitrogens with zero attached hydrogens (tertiary/aromatic N) is 3. The maximum absolute atomic E-state index is 12.6. The third kappa shape index (κ3) is 6.03. The molecule has 0 saturated carbocycles. The molecule has 0 aliphatic heterocycles. The highest BCUT2D eigenvalue weighted by Gasteiger charge is 2.17. The van der Waals surface area contributed by atoms with Crippen LogP contribution in [0.3, 0.4) is 0 Å². The Morgan fingerprint density at radius 1 is 1.09 bits per heavy atom. The number of carbonyl (C=O) groups is 3. The molecule has 0 aliphatic carbocycles. The summed E-state index contributed by atoms with van der Waals surface area (Å²) in [6.45, 7) is 4.21. The number of methoxy groups -OCH3 is 2. The van der Waals surface area contributed by atoms with Crippen molar-refractivity contribution in [3.8, 4) is 11.4 Å². The van der Waals surface area contributed by atoms with Crippen molar-refractivity contribution in [2.24, 2.45) is 0 Å². The Kier molecular flexibility index (Phi) is 8.44. The molecule has 1 amide bonds. The number of aromatic nitrogens is 3. The van der Waals surface area contributed by atoms with Crippen LogP contribution in [0.5, 0.6) is 0 Å². The van der Waals surface area contributed by atoms with Gasteiger partial charge in [0.2, 0.25) is 5.91 Å². The normalized spacial score (nSPS) is 10.4. The van der Waals surface area contributed by atoms with Gasteiger partial charge in [-0.2, -0.15) is 0 Å². The number of amides is 1. The molecule has 1 heterocycles. The highest BCUT2D eigenvalue weighted by molar-refractivity contribution is 7.99.